The summed E-state index contributed by atoms with van der Waals surface area (Å²) in [5.41, 5.74) is 2.76. The first-order valence-corrected chi connectivity index (χ1v) is 8.06. The maximum absolute atomic E-state index is 12.8. The Balaban J connectivity index is 2.13. The van der Waals surface area contributed by atoms with Crippen LogP contribution in [0.2, 0.25) is 0 Å². The Morgan fingerprint density at radius 2 is 1.79 bits per heavy atom. The number of hydrogen-bond acceptors (Lipinski definition) is 3. The van der Waals surface area contributed by atoms with Crippen LogP contribution in [0.15, 0.2) is 24.3 Å². The molecule has 1 aliphatic heterocycles. The lowest BCUT2D eigenvalue weighted by Crippen LogP contribution is -2.29. The SMILES string of the molecule is CC(C)c1nc(-c2ccc(C(F)(F)F)cc2)c2c(n1)C(C)CNC2. The number of nitrogens with one attached hydrogen (secondary N) is 1. The normalized spacial score (nSPS) is 17.9. The van der Waals surface area contributed by atoms with Gasteiger partial charge in [-0.15, -0.1) is 0 Å². The van der Waals surface area contributed by atoms with E-state index in [1.807, 2.05) is 13.8 Å². The Morgan fingerprint density at radius 3 is 2.38 bits per heavy atom. The lowest BCUT2D eigenvalue weighted by molar-refractivity contribution is -0.137. The van der Waals surface area contributed by atoms with Gasteiger partial charge in [0.05, 0.1) is 17.0 Å². The molecule has 3 nitrogen and oxygen atoms in total. The molecule has 0 bridgehead atoms. The second kappa shape index (κ2) is 6.16. The highest BCUT2D eigenvalue weighted by Gasteiger charge is 2.30. The van der Waals surface area contributed by atoms with Gasteiger partial charge >= 0.3 is 6.18 Å². The highest BCUT2D eigenvalue weighted by molar-refractivity contribution is 5.65. The molecule has 2 heterocycles. The molecule has 3 rings (SSSR count). The summed E-state index contributed by atoms with van der Waals surface area (Å²) in [7, 11) is 0. The number of alkyl halides is 3. The van der Waals surface area contributed by atoms with Crippen molar-refractivity contribution >= 4 is 0 Å². The molecule has 2 aromatic rings. The molecule has 1 aliphatic rings. The van der Waals surface area contributed by atoms with Gasteiger partial charge in [-0.2, -0.15) is 13.2 Å². The van der Waals surface area contributed by atoms with E-state index >= 15 is 0 Å². The van der Waals surface area contributed by atoms with E-state index in [4.69, 9.17) is 4.98 Å². The van der Waals surface area contributed by atoms with Gasteiger partial charge in [-0.3, -0.25) is 0 Å². The molecule has 6 heteroatoms. The van der Waals surface area contributed by atoms with Crippen molar-refractivity contribution in [3.05, 3.63) is 46.9 Å². The molecule has 1 aromatic heterocycles. The molecule has 0 radical (unpaired) electrons. The minimum atomic E-state index is -4.33. The van der Waals surface area contributed by atoms with E-state index in [0.29, 0.717) is 12.1 Å². The summed E-state index contributed by atoms with van der Waals surface area (Å²) in [5, 5.41) is 3.33. The first-order valence-electron chi connectivity index (χ1n) is 8.06. The van der Waals surface area contributed by atoms with Crippen LogP contribution in [-0.4, -0.2) is 16.5 Å². The van der Waals surface area contributed by atoms with Crippen LogP contribution in [0.4, 0.5) is 13.2 Å². The third-order valence-corrected chi connectivity index (χ3v) is 4.28. The Bertz CT molecular complexity index is 736. The molecular formula is C18H20F3N3. The van der Waals surface area contributed by atoms with Crippen molar-refractivity contribution in [2.45, 2.75) is 45.3 Å². The zero-order valence-electron chi connectivity index (χ0n) is 13.9. The van der Waals surface area contributed by atoms with E-state index in [0.717, 1.165) is 41.5 Å². The van der Waals surface area contributed by atoms with Crippen LogP contribution < -0.4 is 5.32 Å². The summed E-state index contributed by atoms with van der Waals surface area (Å²) in [6, 6.07) is 5.21. The van der Waals surface area contributed by atoms with Crippen molar-refractivity contribution in [3.8, 4) is 11.3 Å². The first-order chi connectivity index (χ1) is 11.3. The highest BCUT2D eigenvalue weighted by atomic mass is 19.4. The number of aromatic nitrogens is 2. The third-order valence-electron chi connectivity index (χ3n) is 4.28. The van der Waals surface area contributed by atoms with Crippen molar-refractivity contribution in [2.75, 3.05) is 6.54 Å². The summed E-state index contributed by atoms with van der Waals surface area (Å²) in [4.78, 5) is 9.36. The van der Waals surface area contributed by atoms with Crippen LogP contribution in [0.25, 0.3) is 11.3 Å². The van der Waals surface area contributed by atoms with E-state index in [1.54, 1.807) is 0 Å². The number of halogens is 3. The summed E-state index contributed by atoms with van der Waals surface area (Å²) in [5.74, 6) is 1.14. The van der Waals surface area contributed by atoms with E-state index in [2.05, 4.69) is 17.2 Å². The number of hydrogen-bond donors (Lipinski definition) is 1. The molecule has 1 atom stereocenters. The quantitative estimate of drug-likeness (QED) is 0.878. The van der Waals surface area contributed by atoms with Gasteiger partial charge in [-0.1, -0.05) is 32.9 Å². The molecule has 0 saturated carbocycles. The van der Waals surface area contributed by atoms with E-state index in [9.17, 15) is 13.2 Å². The molecule has 128 valence electrons. The fourth-order valence-corrected chi connectivity index (χ4v) is 2.93. The third kappa shape index (κ3) is 3.15. The molecule has 0 amide bonds. The van der Waals surface area contributed by atoms with Gasteiger partial charge in [0.2, 0.25) is 0 Å². The van der Waals surface area contributed by atoms with Gasteiger partial charge in [-0.05, 0) is 12.1 Å². The fraction of sp³-hybridized carbons (Fsp3) is 0.444. The molecule has 0 fully saturated rings. The van der Waals surface area contributed by atoms with Crippen LogP contribution >= 0.6 is 0 Å². The zero-order chi connectivity index (χ0) is 17.5. The first kappa shape index (κ1) is 16.9. The standard InChI is InChI=1S/C18H20F3N3/c1-10(2)17-23-15-11(3)8-22-9-14(15)16(24-17)12-4-6-13(7-5-12)18(19,20)21/h4-7,10-11,22H,8-9H2,1-3H3. The highest BCUT2D eigenvalue weighted by Crippen LogP contribution is 2.34. The second-order valence-corrected chi connectivity index (χ2v) is 6.56. The van der Waals surface area contributed by atoms with Crippen LogP contribution in [0, 0.1) is 0 Å². The largest absolute Gasteiger partial charge is 0.416 e. The lowest BCUT2D eigenvalue weighted by Gasteiger charge is -2.25. The topological polar surface area (TPSA) is 37.8 Å². The van der Waals surface area contributed by atoms with Gasteiger partial charge in [0.1, 0.15) is 5.82 Å². The molecule has 1 unspecified atom stereocenters. The molecule has 0 saturated heterocycles. The predicted molar refractivity (Wildman–Crippen MR) is 86.7 cm³/mol. The molecule has 0 spiro atoms. The summed E-state index contributed by atoms with van der Waals surface area (Å²) < 4.78 is 38.3. The zero-order valence-corrected chi connectivity index (χ0v) is 13.9. The van der Waals surface area contributed by atoms with Gasteiger partial charge < -0.3 is 5.32 Å². The Hall–Kier alpha value is -1.95. The second-order valence-electron chi connectivity index (χ2n) is 6.56. The van der Waals surface area contributed by atoms with Crippen molar-refractivity contribution in [2.24, 2.45) is 0 Å². The van der Waals surface area contributed by atoms with E-state index < -0.39 is 11.7 Å². The average Bonchev–Trinajstić information content (AvgIpc) is 2.53. The summed E-state index contributed by atoms with van der Waals surface area (Å²) in [6.07, 6.45) is -4.33. The van der Waals surface area contributed by atoms with Crippen molar-refractivity contribution in [1.82, 2.24) is 15.3 Å². The van der Waals surface area contributed by atoms with Crippen LogP contribution in [0.3, 0.4) is 0 Å². The summed E-state index contributed by atoms with van der Waals surface area (Å²) >= 11 is 0. The average molecular weight is 335 g/mol. The fourth-order valence-electron chi connectivity index (χ4n) is 2.93. The molecule has 24 heavy (non-hydrogen) atoms. The van der Waals surface area contributed by atoms with E-state index in [-0.39, 0.29) is 11.8 Å². The monoisotopic (exact) mass is 335 g/mol. The van der Waals surface area contributed by atoms with Gasteiger partial charge in [0.25, 0.3) is 0 Å². The minimum Gasteiger partial charge on any atom is -0.312 e. The van der Waals surface area contributed by atoms with Crippen molar-refractivity contribution in [3.63, 3.8) is 0 Å². The Labute approximate surface area is 139 Å². The maximum atomic E-state index is 12.8. The van der Waals surface area contributed by atoms with Crippen LogP contribution in [-0.2, 0) is 12.7 Å². The predicted octanol–water partition coefficient (Wildman–Crippen LogP) is 4.49. The maximum Gasteiger partial charge on any atom is 0.416 e. The van der Waals surface area contributed by atoms with Crippen LogP contribution in [0.1, 0.15) is 55.3 Å². The number of rotatable bonds is 2. The van der Waals surface area contributed by atoms with Crippen molar-refractivity contribution < 1.29 is 13.2 Å². The Morgan fingerprint density at radius 1 is 1.12 bits per heavy atom. The molecular weight excluding hydrogens is 315 g/mol. The number of benzene rings is 1. The van der Waals surface area contributed by atoms with Crippen molar-refractivity contribution in [1.29, 1.82) is 0 Å². The van der Waals surface area contributed by atoms with Gasteiger partial charge in [0.15, 0.2) is 0 Å². The van der Waals surface area contributed by atoms with Gasteiger partial charge in [0, 0.05) is 36.1 Å². The molecule has 1 aromatic carbocycles. The molecule has 1 N–H and O–H groups in total. The number of nitrogens with zero attached hydrogens (tertiary/aromatic N) is 2. The van der Waals surface area contributed by atoms with E-state index in [1.165, 1.54) is 12.1 Å². The molecule has 0 aliphatic carbocycles. The van der Waals surface area contributed by atoms with Crippen LogP contribution in [0.5, 0.6) is 0 Å². The smallest absolute Gasteiger partial charge is 0.312 e. The Kier molecular flexibility index (Phi) is 4.34. The minimum absolute atomic E-state index is 0.158. The summed E-state index contributed by atoms with van der Waals surface area (Å²) in [6.45, 7) is 7.61. The number of fused-ring (bicyclic) bond motifs is 1. The lowest BCUT2D eigenvalue weighted by atomic mass is 9.93. The van der Waals surface area contributed by atoms with Gasteiger partial charge in [-0.25, -0.2) is 9.97 Å².